The number of aliphatic hydroxyl groups is 1. The lowest BCUT2D eigenvalue weighted by Crippen LogP contribution is -2.13. The van der Waals surface area contributed by atoms with Gasteiger partial charge in [0.05, 0.1) is 19.8 Å². The van der Waals surface area contributed by atoms with Crippen molar-refractivity contribution in [3.8, 4) is 0 Å². The number of anilines is 1. The number of aryl methyl sites for hydroxylation is 1. The number of hydrogen-bond donors (Lipinski definition) is 2. The van der Waals surface area contributed by atoms with Crippen LogP contribution in [0.2, 0.25) is 0 Å². The topological polar surface area (TPSA) is 80.2 Å². The van der Waals surface area contributed by atoms with E-state index in [1.165, 1.54) is 6.33 Å². The van der Waals surface area contributed by atoms with Crippen LogP contribution < -0.4 is 5.32 Å². The number of nitrogens with one attached hydrogen (secondary N) is 1. The lowest BCUT2D eigenvalue weighted by molar-refractivity contribution is 0.0991. The zero-order chi connectivity index (χ0) is 10.2. The molecule has 0 radical (unpaired) electrons. The third-order valence-electron chi connectivity index (χ3n) is 1.46. The molecule has 6 nitrogen and oxygen atoms in total. The van der Waals surface area contributed by atoms with Crippen molar-refractivity contribution in [2.24, 2.45) is 0 Å². The van der Waals surface area contributed by atoms with Gasteiger partial charge in [0, 0.05) is 6.54 Å². The highest BCUT2D eigenvalue weighted by Gasteiger charge is 1.95. The number of aromatic nitrogens is 3. The van der Waals surface area contributed by atoms with Crippen LogP contribution >= 0.6 is 0 Å². The highest BCUT2D eigenvalue weighted by molar-refractivity contribution is 5.21. The van der Waals surface area contributed by atoms with Crippen LogP contribution in [0.3, 0.4) is 0 Å². The first-order valence-corrected chi connectivity index (χ1v) is 4.41. The van der Waals surface area contributed by atoms with Crippen LogP contribution in [0.25, 0.3) is 0 Å². The Morgan fingerprint density at radius 2 is 2.29 bits per heavy atom. The largest absolute Gasteiger partial charge is 0.394 e. The number of ether oxygens (including phenoxy) is 1. The molecule has 0 saturated carbocycles. The molecule has 0 saturated heterocycles. The van der Waals surface area contributed by atoms with Crippen molar-refractivity contribution in [1.82, 2.24) is 15.0 Å². The van der Waals surface area contributed by atoms with Gasteiger partial charge in [-0.15, -0.1) is 0 Å². The molecule has 0 aliphatic rings. The fraction of sp³-hybridized carbons (Fsp3) is 0.625. The SMILES string of the molecule is Cc1ncnc(NCCOCCO)n1. The fourth-order valence-corrected chi connectivity index (χ4v) is 0.865. The summed E-state index contributed by atoms with van der Waals surface area (Å²) in [6, 6.07) is 0. The van der Waals surface area contributed by atoms with Gasteiger partial charge >= 0.3 is 0 Å². The fourth-order valence-electron chi connectivity index (χ4n) is 0.865. The van der Waals surface area contributed by atoms with E-state index in [0.29, 0.717) is 31.5 Å². The van der Waals surface area contributed by atoms with Gasteiger partial charge < -0.3 is 15.2 Å². The minimum Gasteiger partial charge on any atom is -0.394 e. The third kappa shape index (κ3) is 4.11. The van der Waals surface area contributed by atoms with Crippen LogP contribution in [-0.2, 0) is 4.74 Å². The van der Waals surface area contributed by atoms with E-state index in [1.807, 2.05) is 0 Å². The normalized spacial score (nSPS) is 10.1. The zero-order valence-electron chi connectivity index (χ0n) is 8.10. The maximum absolute atomic E-state index is 8.44. The molecule has 0 aliphatic heterocycles. The number of hydrogen-bond acceptors (Lipinski definition) is 6. The van der Waals surface area contributed by atoms with Crippen molar-refractivity contribution in [3.63, 3.8) is 0 Å². The van der Waals surface area contributed by atoms with E-state index in [1.54, 1.807) is 6.92 Å². The van der Waals surface area contributed by atoms with Crippen LogP contribution in [0.15, 0.2) is 6.33 Å². The van der Waals surface area contributed by atoms with Crippen LogP contribution in [0.5, 0.6) is 0 Å². The summed E-state index contributed by atoms with van der Waals surface area (Å²) in [6.45, 7) is 3.34. The first-order chi connectivity index (χ1) is 6.83. The molecule has 0 aromatic carbocycles. The molecule has 0 atom stereocenters. The van der Waals surface area contributed by atoms with E-state index >= 15 is 0 Å². The van der Waals surface area contributed by atoms with Gasteiger partial charge in [0.1, 0.15) is 12.2 Å². The summed E-state index contributed by atoms with van der Waals surface area (Å²) in [7, 11) is 0. The van der Waals surface area contributed by atoms with Crippen LogP contribution in [0.1, 0.15) is 5.82 Å². The maximum Gasteiger partial charge on any atom is 0.225 e. The summed E-state index contributed by atoms with van der Waals surface area (Å²) in [5, 5.41) is 11.4. The van der Waals surface area contributed by atoms with E-state index in [-0.39, 0.29) is 6.61 Å². The van der Waals surface area contributed by atoms with Crippen molar-refractivity contribution in [1.29, 1.82) is 0 Å². The second-order valence-electron chi connectivity index (χ2n) is 2.62. The van der Waals surface area contributed by atoms with E-state index in [0.717, 1.165) is 0 Å². The van der Waals surface area contributed by atoms with Gasteiger partial charge in [0.25, 0.3) is 0 Å². The number of nitrogens with zero attached hydrogens (tertiary/aromatic N) is 3. The Balaban J connectivity index is 2.18. The molecule has 14 heavy (non-hydrogen) atoms. The molecule has 0 bridgehead atoms. The molecule has 78 valence electrons. The Kier molecular flexibility index (Phi) is 4.81. The van der Waals surface area contributed by atoms with Crippen molar-refractivity contribution in [3.05, 3.63) is 12.2 Å². The van der Waals surface area contributed by atoms with Crippen LogP contribution in [-0.4, -0.2) is 46.4 Å². The monoisotopic (exact) mass is 198 g/mol. The Bertz CT molecular complexity index is 269. The maximum atomic E-state index is 8.44. The Morgan fingerprint density at radius 3 is 3.00 bits per heavy atom. The highest BCUT2D eigenvalue weighted by Crippen LogP contribution is 1.94. The first kappa shape index (κ1) is 10.8. The predicted molar refractivity (Wildman–Crippen MR) is 51.0 cm³/mol. The molecule has 1 aromatic heterocycles. The van der Waals surface area contributed by atoms with Crippen molar-refractivity contribution >= 4 is 5.95 Å². The van der Waals surface area contributed by atoms with E-state index in [9.17, 15) is 0 Å². The standard InChI is InChI=1S/C8H14N4O2/c1-7-10-6-11-8(12-7)9-2-4-14-5-3-13/h6,13H,2-5H2,1H3,(H,9,10,11,12). The minimum atomic E-state index is 0.0465. The summed E-state index contributed by atoms with van der Waals surface area (Å²) in [4.78, 5) is 11.8. The third-order valence-corrected chi connectivity index (χ3v) is 1.46. The average Bonchev–Trinajstić information content (AvgIpc) is 2.18. The molecular weight excluding hydrogens is 184 g/mol. The molecular formula is C8H14N4O2. The zero-order valence-corrected chi connectivity index (χ0v) is 8.10. The van der Waals surface area contributed by atoms with Crippen LogP contribution in [0, 0.1) is 6.92 Å². The Labute approximate surface area is 82.4 Å². The lowest BCUT2D eigenvalue weighted by atomic mass is 10.6. The molecule has 1 heterocycles. The molecule has 0 spiro atoms. The minimum absolute atomic E-state index is 0.0465. The van der Waals surface area contributed by atoms with Gasteiger partial charge in [-0.2, -0.15) is 4.98 Å². The summed E-state index contributed by atoms with van der Waals surface area (Å²) >= 11 is 0. The second kappa shape index (κ2) is 6.22. The average molecular weight is 198 g/mol. The van der Waals surface area contributed by atoms with Gasteiger partial charge in [0.2, 0.25) is 5.95 Å². The van der Waals surface area contributed by atoms with E-state index in [4.69, 9.17) is 9.84 Å². The Morgan fingerprint density at radius 1 is 1.43 bits per heavy atom. The van der Waals surface area contributed by atoms with E-state index < -0.39 is 0 Å². The number of rotatable bonds is 6. The number of aliphatic hydroxyl groups excluding tert-OH is 1. The molecule has 1 rings (SSSR count). The van der Waals surface area contributed by atoms with Crippen molar-refractivity contribution in [2.45, 2.75) is 6.92 Å². The smallest absolute Gasteiger partial charge is 0.225 e. The van der Waals surface area contributed by atoms with Gasteiger partial charge in [-0.05, 0) is 6.92 Å². The lowest BCUT2D eigenvalue weighted by Gasteiger charge is -2.04. The van der Waals surface area contributed by atoms with E-state index in [2.05, 4.69) is 20.3 Å². The quantitative estimate of drug-likeness (QED) is 0.605. The summed E-state index contributed by atoms with van der Waals surface area (Å²) in [6.07, 6.45) is 1.46. The summed E-state index contributed by atoms with van der Waals surface area (Å²) in [5.41, 5.74) is 0. The van der Waals surface area contributed by atoms with Gasteiger partial charge in [0.15, 0.2) is 0 Å². The van der Waals surface area contributed by atoms with Crippen LogP contribution in [0.4, 0.5) is 5.95 Å². The van der Waals surface area contributed by atoms with Crippen molar-refractivity contribution < 1.29 is 9.84 Å². The predicted octanol–water partition coefficient (Wildman–Crippen LogP) is -0.399. The summed E-state index contributed by atoms with van der Waals surface area (Å²) in [5.74, 6) is 1.23. The van der Waals surface area contributed by atoms with Gasteiger partial charge in [-0.3, -0.25) is 0 Å². The van der Waals surface area contributed by atoms with Gasteiger partial charge in [-0.25, -0.2) is 9.97 Å². The Hall–Kier alpha value is -1.27. The molecule has 6 heteroatoms. The molecule has 0 aliphatic carbocycles. The molecule has 0 amide bonds. The molecule has 2 N–H and O–H groups in total. The van der Waals surface area contributed by atoms with Crippen molar-refractivity contribution in [2.75, 3.05) is 31.7 Å². The highest BCUT2D eigenvalue weighted by atomic mass is 16.5. The summed E-state index contributed by atoms with van der Waals surface area (Å²) < 4.78 is 5.05. The van der Waals surface area contributed by atoms with Gasteiger partial charge in [-0.1, -0.05) is 0 Å². The molecule has 1 aromatic rings. The molecule has 0 fully saturated rings. The molecule has 0 unspecified atom stereocenters. The first-order valence-electron chi connectivity index (χ1n) is 4.41. The second-order valence-corrected chi connectivity index (χ2v) is 2.62.